The Morgan fingerprint density at radius 1 is 1.26 bits per heavy atom. The molecule has 2 unspecified atom stereocenters. The summed E-state index contributed by atoms with van der Waals surface area (Å²) in [6.07, 6.45) is 2.32. The first-order valence-electron chi connectivity index (χ1n) is 7.58. The number of sulfonamides is 1. The number of nitrogens with zero attached hydrogens (tertiary/aromatic N) is 1. The fourth-order valence-electron chi connectivity index (χ4n) is 2.80. The normalized spacial score (nSPS) is 22.7. The second kappa shape index (κ2) is 7.90. The van der Waals surface area contributed by atoms with E-state index in [4.69, 9.17) is 9.47 Å². The monoisotopic (exact) mass is 341 g/mol. The van der Waals surface area contributed by atoms with E-state index in [1.807, 2.05) is 30.3 Å². The van der Waals surface area contributed by atoms with Gasteiger partial charge in [0.25, 0.3) is 0 Å². The number of hydrogen-bond donors (Lipinski definition) is 0. The molecule has 7 heteroatoms. The van der Waals surface area contributed by atoms with Crippen LogP contribution in [0.4, 0.5) is 0 Å². The van der Waals surface area contributed by atoms with Crippen molar-refractivity contribution in [2.45, 2.75) is 25.5 Å². The quantitative estimate of drug-likeness (QED) is 0.732. The van der Waals surface area contributed by atoms with Gasteiger partial charge in [0.15, 0.2) is 0 Å². The summed E-state index contributed by atoms with van der Waals surface area (Å²) in [6.45, 7) is 1.25. The maximum atomic E-state index is 11.9. The zero-order valence-corrected chi connectivity index (χ0v) is 14.3. The van der Waals surface area contributed by atoms with Crippen LogP contribution in [0.5, 0.6) is 0 Å². The van der Waals surface area contributed by atoms with Gasteiger partial charge < -0.3 is 9.47 Å². The maximum absolute atomic E-state index is 11.9. The van der Waals surface area contributed by atoms with Gasteiger partial charge in [-0.15, -0.1) is 0 Å². The standard InChI is InChI=1S/C16H23NO5S/c1-21-16(18)15-9-8-14(10-17(15)23(2,19)20)12-22-11-13-6-4-3-5-7-13/h3-7,14-15H,8-12H2,1-2H3. The predicted octanol–water partition coefficient (Wildman–Crippen LogP) is 1.42. The van der Waals surface area contributed by atoms with Crippen molar-refractivity contribution in [2.24, 2.45) is 5.92 Å². The molecule has 1 aromatic carbocycles. The third-order valence-corrected chi connectivity index (χ3v) is 5.25. The van der Waals surface area contributed by atoms with E-state index in [9.17, 15) is 13.2 Å². The Morgan fingerprint density at radius 3 is 2.57 bits per heavy atom. The highest BCUT2D eigenvalue weighted by molar-refractivity contribution is 7.88. The molecule has 0 N–H and O–H groups in total. The molecule has 1 saturated heterocycles. The summed E-state index contributed by atoms with van der Waals surface area (Å²) in [5, 5.41) is 0. The summed E-state index contributed by atoms with van der Waals surface area (Å²) in [7, 11) is -2.19. The van der Waals surface area contributed by atoms with E-state index in [0.29, 0.717) is 19.6 Å². The second-order valence-electron chi connectivity index (χ2n) is 5.82. The molecule has 2 atom stereocenters. The molecule has 0 aromatic heterocycles. The average molecular weight is 341 g/mol. The highest BCUT2D eigenvalue weighted by atomic mass is 32.2. The Bertz CT molecular complexity index is 617. The zero-order valence-electron chi connectivity index (χ0n) is 13.5. The lowest BCUT2D eigenvalue weighted by Gasteiger charge is -2.36. The number of benzene rings is 1. The van der Waals surface area contributed by atoms with Gasteiger partial charge >= 0.3 is 5.97 Å². The molecule has 1 aliphatic rings. The SMILES string of the molecule is COC(=O)C1CCC(COCc2ccccc2)CN1S(C)(=O)=O. The number of carbonyl (C=O) groups excluding carboxylic acids is 1. The van der Waals surface area contributed by atoms with Gasteiger partial charge in [0.1, 0.15) is 6.04 Å². The van der Waals surface area contributed by atoms with Crippen LogP contribution in [0.1, 0.15) is 18.4 Å². The maximum Gasteiger partial charge on any atom is 0.324 e. The van der Waals surface area contributed by atoms with Crippen molar-refractivity contribution in [3.05, 3.63) is 35.9 Å². The van der Waals surface area contributed by atoms with E-state index in [1.54, 1.807) is 0 Å². The minimum Gasteiger partial charge on any atom is -0.468 e. The van der Waals surface area contributed by atoms with Crippen LogP contribution < -0.4 is 0 Å². The number of carbonyl (C=O) groups is 1. The first kappa shape index (κ1) is 17.9. The summed E-state index contributed by atoms with van der Waals surface area (Å²) in [4.78, 5) is 11.8. The number of esters is 1. The lowest BCUT2D eigenvalue weighted by molar-refractivity contribution is -0.146. The Labute approximate surface area is 137 Å². The van der Waals surface area contributed by atoms with Gasteiger partial charge in [-0.25, -0.2) is 8.42 Å². The van der Waals surface area contributed by atoms with Gasteiger partial charge in [-0.3, -0.25) is 4.79 Å². The molecule has 1 aliphatic heterocycles. The summed E-state index contributed by atoms with van der Waals surface area (Å²) in [5.74, 6) is -0.423. The van der Waals surface area contributed by atoms with Gasteiger partial charge in [0.05, 0.1) is 26.6 Å². The van der Waals surface area contributed by atoms with Gasteiger partial charge in [-0.2, -0.15) is 4.31 Å². The Hall–Kier alpha value is -1.44. The summed E-state index contributed by atoms with van der Waals surface area (Å²) >= 11 is 0. The van der Waals surface area contributed by atoms with Crippen LogP contribution in [0.2, 0.25) is 0 Å². The largest absolute Gasteiger partial charge is 0.468 e. The molecule has 23 heavy (non-hydrogen) atoms. The first-order chi connectivity index (χ1) is 10.9. The van der Waals surface area contributed by atoms with E-state index < -0.39 is 22.0 Å². The molecule has 0 spiro atoms. The third kappa shape index (κ3) is 5.02. The summed E-state index contributed by atoms with van der Waals surface area (Å²) in [6, 6.07) is 9.09. The van der Waals surface area contributed by atoms with Gasteiger partial charge in [0, 0.05) is 6.54 Å². The van der Waals surface area contributed by atoms with Gasteiger partial charge in [-0.05, 0) is 24.3 Å². The molecule has 0 amide bonds. The Morgan fingerprint density at radius 2 is 1.96 bits per heavy atom. The lowest BCUT2D eigenvalue weighted by atomic mass is 9.95. The van der Waals surface area contributed by atoms with Crippen molar-refractivity contribution in [1.82, 2.24) is 4.31 Å². The average Bonchev–Trinajstić information content (AvgIpc) is 2.54. The number of hydrogen-bond acceptors (Lipinski definition) is 5. The molecule has 128 valence electrons. The van der Waals surface area contributed by atoms with Crippen molar-refractivity contribution >= 4 is 16.0 Å². The van der Waals surface area contributed by atoms with Crippen molar-refractivity contribution < 1.29 is 22.7 Å². The molecule has 0 bridgehead atoms. The lowest BCUT2D eigenvalue weighted by Crippen LogP contribution is -2.51. The van der Waals surface area contributed by atoms with Crippen molar-refractivity contribution in [1.29, 1.82) is 0 Å². The molecule has 1 fully saturated rings. The summed E-state index contributed by atoms with van der Waals surface area (Å²) < 4.78 is 35.5. The predicted molar refractivity (Wildman–Crippen MR) is 86.2 cm³/mol. The highest BCUT2D eigenvalue weighted by Gasteiger charge is 2.38. The zero-order chi connectivity index (χ0) is 16.9. The van der Waals surface area contributed by atoms with Gasteiger partial charge in [-0.1, -0.05) is 30.3 Å². The fourth-order valence-corrected chi connectivity index (χ4v) is 3.94. The van der Waals surface area contributed by atoms with Crippen molar-refractivity contribution in [3.63, 3.8) is 0 Å². The molecule has 1 heterocycles. The molecule has 0 saturated carbocycles. The Balaban J connectivity index is 1.92. The van der Waals surface area contributed by atoms with Crippen LogP contribution >= 0.6 is 0 Å². The smallest absolute Gasteiger partial charge is 0.324 e. The van der Waals surface area contributed by atoms with Crippen LogP contribution in [0, 0.1) is 5.92 Å². The number of methoxy groups -OCH3 is 1. The minimum atomic E-state index is -3.46. The van der Waals surface area contributed by atoms with Crippen LogP contribution in [-0.4, -0.2) is 51.3 Å². The molecule has 0 radical (unpaired) electrons. The Kier molecular flexibility index (Phi) is 6.15. The van der Waals surface area contributed by atoms with Crippen molar-refractivity contribution in [3.8, 4) is 0 Å². The number of piperidine rings is 1. The van der Waals surface area contributed by atoms with Crippen LogP contribution in [0.15, 0.2) is 30.3 Å². The topological polar surface area (TPSA) is 72.9 Å². The molecular formula is C16H23NO5S. The van der Waals surface area contributed by atoms with E-state index in [1.165, 1.54) is 11.4 Å². The number of rotatable bonds is 6. The third-order valence-electron chi connectivity index (χ3n) is 4.00. The summed E-state index contributed by atoms with van der Waals surface area (Å²) in [5.41, 5.74) is 1.08. The molecule has 1 aromatic rings. The molecule has 2 rings (SSSR count). The van der Waals surface area contributed by atoms with Crippen LogP contribution in [0.3, 0.4) is 0 Å². The van der Waals surface area contributed by atoms with E-state index in [-0.39, 0.29) is 12.5 Å². The van der Waals surface area contributed by atoms with E-state index >= 15 is 0 Å². The van der Waals surface area contributed by atoms with Crippen LogP contribution in [-0.2, 0) is 30.9 Å². The van der Waals surface area contributed by atoms with E-state index in [0.717, 1.165) is 18.2 Å². The molecule has 6 nitrogen and oxygen atoms in total. The minimum absolute atomic E-state index is 0.0781. The van der Waals surface area contributed by atoms with Gasteiger partial charge in [0.2, 0.25) is 10.0 Å². The first-order valence-corrected chi connectivity index (χ1v) is 9.43. The number of ether oxygens (including phenoxy) is 2. The second-order valence-corrected chi connectivity index (χ2v) is 7.75. The fraction of sp³-hybridized carbons (Fsp3) is 0.562. The van der Waals surface area contributed by atoms with Crippen molar-refractivity contribution in [2.75, 3.05) is 26.5 Å². The molecule has 0 aliphatic carbocycles. The molecular weight excluding hydrogens is 318 g/mol. The van der Waals surface area contributed by atoms with E-state index in [2.05, 4.69) is 0 Å². The highest BCUT2D eigenvalue weighted by Crippen LogP contribution is 2.25. The van der Waals surface area contributed by atoms with Crippen LogP contribution in [0.25, 0.3) is 0 Å².